The Hall–Kier alpha value is -0.580. The zero-order valence-corrected chi connectivity index (χ0v) is 8.99. The molecular weight excluding hydrogens is 236 g/mol. The second-order valence-corrected chi connectivity index (χ2v) is 3.75. The predicted octanol–water partition coefficient (Wildman–Crippen LogP) is 0.0720. The highest BCUT2D eigenvalue weighted by molar-refractivity contribution is 9.09. The Morgan fingerprint density at radius 2 is 1.92 bits per heavy atom. The molecule has 0 aromatic heterocycles. The lowest BCUT2D eigenvalue weighted by Crippen LogP contribution is -2.48. The normalized spacial score (nSPS) is 17.3. The van der Waals surface area contributed by atoms with Crippen molar-refractivity contribution in [2.75, 3.05) is 31.5 Å². The van der Waals surface area contributed by atoms with Gasteiger partial charge < -0.3 is 9.80 Å². The first kappa shape index (κ1) is 10.5. The maximum absolute atomic E-state index is 11.4. The first-order valence-electron chi connectivity index (χ1n) is 4.31. The molecule has 1 aliphatic heterocycles. The number of hydrogen-bond donors (Lipinski definition) is 0. The fourth-order valence-electron chi connectivity index (χ4n) is 1.32. The van der Waals surface area contributed by atoms with Gasteiger partial charge in [0.2, 0.25) is 12.3 Å². The molecule has 0 aromatic carbocycles. The van der Waals surface area contributed by atoms with Crippen LogP contribution in [0.3, 0.4) is 0 Å². The van der Waals surface area contributed by atoms with E-state index in [1.807, 2.05) is 0 Å². The average Bonchev–Trinajstić information content (AvgIpc) is 2.18. The van der Waals surface area contributed by atoms with E-state index in [4.69, 9.17) is 0 Å². The molecule has 0 N–H and O–H groups in total. The molecule has 74 valence electrons. The molecule has 1 heterocycles. The molecule has 0 aromatic rings. The van der Waals surface area contributed by atoms with Gasteiger partial charge in [0.25, 0.3) is 0 Å². The summed E-state index contributed by atoms with van der Waals surface area (Å²) in [7, 11) is 0. The first-order chi connectivity index (χ1) is 6.27. The van der Waals surface area contributed by atoms with Crippen molar-refractivity contribution in [3.05, 3.63) is 0 Å². The first-order valence-corrected chi connectivity index (χ1v) is 5.43. The summed E-state index contributed by atoms with van der Waals surface area (Å²) in [6.07, 6.45) is 1.38. The van der Waals surface area contributed by atoms with E-state index in [9.17, 15) is 9.59 Å². The second kappa shape index (κ2) is 5.21. The van der Waals surface area contributed by atoms with Crippen LogP contribution in [0.2, 0.25) is 0 Å². The van der Waals surface area contributed by atoms with Crippen LogP contribution in [0.1, 0.15) is 6.42 Å². The van der Waals surface area contributed by atoms with Gasteiger partial charge in [-0.3, -0.25) is 9.59 Å². The van der Waals surface area contributed by atoms with Gasteiger partial charge in [0, 0.05) is 37.9 Å². The number of piperazine rings is 1. The maximum Gasteiger partial charge on any atom is 0.223 e. The van der Waals surface area contributed by atoms with E-state index in [2.05, 4.69) is 15.9 Å². The molecule has 1 fully saturated rings. The quantitative estimate of drug-likeness (QED) is 0.524. The van der Waals surface area contributed by atoms with E-state index >= 15 is 0 Å². The Balaban J connectivity index is 2.31. The summed E-state index contributed by atoms with van der Waals surface area (Å²) in [5.74, 6) is 0.169. The van der Waals surface area contributed by atoms with Crippen molar-refractivity contribution in [1.29, 1.82) is 0 Å². The number of alkyl halides is 1. The monoisotopic (exact) mass is 248 g/mol. The molecule has 5 heteroatoms. The average molecular weight is 249 g/mol. The van der Waals surface area contributed by atoms with Crippen LogP contribution in [0.4, 0.5) is 0 Å². The highest BCUT2D eigenvalue weighted by Crippen LogP contribution is 2.02. The number of hydrogen-bond acceptors (Lipinski definition) is 2. The SMILES string of the molecule is O=CN1CCN(C(=O)CCBr)CC1. The van der Waals surface area contributed by atoms with Gasteiger partial charge >= 0.3 is 0 Å². The van der Waals surface area contributed by atoms with Crippen molar-refractivity contribution in [2.24, 2.45) is 0 Å². The standard InChI is InChI=1S/C8H13BrN2O2/c9-2-1-8(13)11-5-3-10(7-12)4-6-11/h7H,1-6H2. The van der Waals surface area contributed by atoms with Crippen molar-refractivity contribution in [2.45, 2.75) is 6.42 Å². The lowest BCUT2D eigenvalue weighted by molar-refractivity contribution is -0.134. The van der Waals surface area contributed by atoms with Crippen LogP contribution in [0.25, 0.3) is 0 Å². The smallest absolute Gasteiger partial charge is 0.223 e. The Kier molecular flexibility index (Phi) is 4.21. The molecule has 1 rings (SSSR count). The summed E-state index contributed by atoms with van der Waals surface area (Å²) in [6.45, 7) is 2.67. The third-order valence-electron chi connectivity index (χ3n) is 2.12. The van der Waals surface area contributed by atoms with Crippen LogP contribution < -0.4 is 0 Å². The molecule has 4 nitrogen and oxygen atoms in total. The summed E-state index contributed by atoms with van der Waals surface area (Å²) in [6, 6.07) is 0. The Morgan fingerprint density at radius 1 is 1.31 bits per heavy atom. The zero-order valence-electron chi connectivity index (χ0n) is 7.41. The van der Waals surface area contributed by atoms with Gasteiger partial charge in [0.05, 0.1) is 0 Å². The summed E-state index contributed by atoms with van der Waals surface area (Å²) < 4.78 is 0. The summed E-state index contributed by atoms with van der Waals surface area (Å²) in [5.41, 5.74) is 0. The highest BCUT2D eigenvalue weighted by Gasteiger charge is 2.18. The van der Waals surface area contributed by atoms with E-state index < -0.39 is 0 Å². The number of rotatable bonds is 3. The lowest BCUT2D eigenvalue weighted by Gasteiger charge is -2.32. The molecular formula is C8H13BrN2O2. The minimum absolute atomic E-state index is 0.169. The van der Waals surface area contributed by atoms with Crippen LogP contribution in [-0.4, -0.2) is 53.6 Å². The Bertz CT molecular complexity index is 191. The molecule has 1 aliphatic rings. The van der Waals surface area contributed by atoms with Gasteiger partial charge in [0.15, 0.2) is 0 Å². The van der Waals surface area contributed by atoms with Crippen LogP contribution in [0, 0.1) is 0 Å². The fraction of sp³-hybridized carbons (Fsp3) is 0.750. The summed E-state index contributed by atoms with van der Waals surface area (Å²) in [4.78, 5) is 25.3. The predicted molar refractivity (Wildman–Crippen MR) is 52.6 cm³/mol. The molecule has 0 saturated carbocycles. The molecule has 13 heavy (non-hydrogen) atoms. The third-order valence-corrected chi connectivity index (χ3v) is 2.52. The van der Waals surface area contributed by atoms with Crippen molar-refractivity contribution >= 4 is 28.2 Å². The molecule has 2 amide bonds. The Morgan fingerprint density at radius 3 is 2.38 bits per heavy atom. The number of nitrogens with zero attached hydrogens (tertiary/aromatic N) is 2. The molecule has 0 radical (unpaired) electrons. The fourth-order valence-corrected chi connectivity index (χ4v) is 1.65. The minimum atomic E-state index is 0.169. The number of halogens is 1. The molecule has 0 aliphatic carbocycles. The van der Waals surface area contributed by atoms with Gasteiger partial charge in [-0.1, -0.05) is 15.9 Å². The number of carbonyl (C=O) groups excluding carboxylic acids is 2. The van der Waals surface area contributed by atoms with Crippen LogP contribution >= 0.6 is 15.9 Å². The molecule has 0 atom stereocenters. The summed E-state index contributed by atoms with van der Waals surface area (Å²) >= 11 is 3.23. The van der Waals surface area contributed by atoms with Crippen LogP contribution in [0.15, 0.2) is 0 Å². The van der Waals surface area contributed by atoms with Gasteiger partial charge in [-0.25, -0.2) is 0 Å². The topological polar surface area (TPSA) is 40.6 Å². The minimum Gasteiger partial charge on any atom is -0.342 e. The Labute approximate surface area is 86.0 Å². The van der Waals surface area contributed by atoms with E-state index in [0.29, 0.717) is 37.9 Å². The van der Waals surface area contributed by atoms with Gasteiger partial charge in [-0.2, -0.15) is 0 Å². The molecule has 0 spiro atoms. The van der Waals surface area contributed by atoms with Crippen molar-refractivity contribution in [3.8, 4) is 0 Å². The highest BCUT2D eigenvalue weighted by atomic mass is 79.9. The maximum atomic E-state index is 11.4. The third kappa shape index (κ3) is 2.99. The zero-order chi connectivity index (χ0) is 9.68. The van der Waals surface area contributed by atoms with Crippen LogP contribution in [-0.2, 0) is 9.59 Å². The van der Waals surface area contributed by atoms with Crippen molar-refractivity contribution in [1.82, 2.24) is 9.80 Å². The second-order valence-electron chi connectivity index (χ2n) is 2.96. The molecule has 1 saturated heterocycles. The van der Waals surface area contributed by atoms with Crippen molar-refractivity contribution < 1.29 is 9.59 Å². The van der Waals surface area contributed by atoms with E-state index in [0.717, 1.165) is 6.41 Å². The van der Waals surface area contributed by atoms with E-state index in [1.54, 1.807) is 9.80 Å². The summed E-state index contributed by atoms with van der Waals surface area (Å²) in [5, 5.41) is 0.708. The number of carbonyl (C=O) groups is 2. The van der Waals surface area contributed by atoms with E-state index in [1.165, 1.54) is 0 Å². The van der Waals surface area contributed by atoms with Gasteiger partial charge in [-0.05, 0) is 0 Å². The largest absolute Gasteiger partial charge is 0.342 e. The van der Waals surface area contributed by atoms with Crippen LogP contribution in [0.5, 0.6) is 0 Å². The molecule has 0 bridgehead atoms. The van der Waals surface area contributed by atoms with Gasteiger partial charge in [0.1, 0.15) is 0 Å². The van der Waals surface area contributed by atoms with Crippen molar-refractivity contribution in [3.63, 3.8) is 0 Å². The van der Waals surface area contributed by atoms with E-state index in [-0.39, 0.29) is 5.91 Å². The van der Waals surface area contributed by atoms with Gasteiger partial charge in [-0.15, -0.1) is 0 Å². The molecule has 0 unspecified atom stereocenters. The lowest BCUT2D eigenvalue weighted by atomic mass is 10.3. The number of amides is 2.